The van der Waals surface area contributed by atoms with Gasteiger partial charge in [0.25, 0.3) is 0 Å². The fourth-order valence-electron chi connectivity index (χ4n) is 5.71. The van der Waals surface area contributed by atoms with Gasteiger partial charge in [0.05, 0.1) is 12.8 Å². The van der Waals surface area contributed by atoms with Crippen molar-refractivity contribution in [2.75, 3.05) is 26.7 Å². The maximum Gasteiger partial charge on any atom is 0.190 e. The molecule has 5 nitrogen and oxygen atoms in total. The van der Waals surface area contributed by atoms with Crippen molar-refractivity contribution in [2.45, 2.75) is 56.3 Å². The van der Waals surface area contributed by atoms with Crippen molar-refractivity contribution in [3.8, 4) is 0 Å². The summed E-state index contributed by atoms with van der Waals surface area (Å²) < 4.78 is 12.5. The molecular formula is C22H29N3O2. The van der Waals surface area contributed by atoms with Gasteiger partial charge in [-0.15, -0.1) is 0 Å². The number of nitrogens with zero attached hydrogens (tertiary/aromatic N) is 2. The Morgan fingerprint density at radius 2 is 2.26 bits per heavy atom. The maximum atomic E-state index is 6.55. The summed E-state index contributed by atoms with van der Waals surface area (Å²) in [6, 6.07) is 3.57. The zero-order valence-electron chi connectivity index (χ0n) is 16.1. The summed E-state index contributed by atoms with van der Waals surface area (Å²) in [5.74, 6) is 2.78. The van der Waals surface area contributed by atoms with E-state index in [2.05, 4.69) is 40.4 Å². The van der Waals surface area contributed by atoms with E-state index in [1.54, 1.807) is 0 Å². The molecule has 0 aromatic carbocycles. The van der Waals surface area contributed by atoms with Crippen LogP contribution in [0.5, 0.6) is 0 Å². The Morgan fingerprint density at radius 1 is 1.33 bits per heavy atom. The predicted molar refractivity (Wildman–Crippen MR) is 103 cm³/mol. The van der Waals surface area contributed by atoms with Crippen LogP contribution in [-0.4, -0.2) is 48.1 Å². The third-order valence-corrected chi connectivity index (χ3v) is 7.35. The highest BCUT2D eigenvalue weighted by molar-refractivity contribution is 5.34. The number of piperidine rings is 3. The second-order valence-electron chi connectivity index (χ2n) is 9.18. The van der Waals surface area contributed by atoms with Crippen molar-refractivity contribution in [1.29, 1.82) is 0 Å². The Kier molecular flexibility index (Phi) is 3.54. The van der Waals surface area contributed by atoms with Crippen LogP contribution < -0.4 is 5.32 Å². The second-order valence-corrected chi connectivity index (χ2v) is 9.18. The lowest BCUT2D eigenvalue weighted by Crippen LogP contribution is -2.60. The Bertz CT molecular complexity index is 808. The molecule has 4 fully saturated rings. The van der Waals surface area contributed by atoms with Gasteiger partial charge in [-0.05, 0) is 45.3 Å². The second kappa shape index (κ2) is 5.89. The molecule has 0 amide bonds. The average Bonchev–Trinajstić information content (AvgIpc) is 3.33. The van der Waals surface area contributed by atoms with Crippen molar-refractivity contribution in [3.05, 3.63) is 47.3 Å². The lowest BCUT2D eigenvalue weighted by molar-refractivity contribution is -0.137. The van der Waals surface area contributed by atoms with E-state index in [-0.39, 0.29) is 5.60 Å². The van der Waals surface area contributed by atoms with Gasteiger partial charge < -0.3 is 14.5 Å². The van der Waals surface area contributed by atoms with Crippen LogP contribution in [0.15, 0.2) is 40.4 Å². The molecule has 1 aromatic rings. The number of ether oxygens (including phenoxy) is 1. The zero-order chi connectivity index (χ0) is 18.0. The summed E-state index contributed by atoms with van der Waals surface area (Å²) >= 11 is 0. The van der Waals surface area contributed by atoms with Gasteiger partial charge in [0.15, 0.2) is 5.88 Å². The van der Waals surface area contributed by atoms with E-state index in [0.29, 0.717) is 12.0 Å². The Morgan fingerprint density at radius 3 is 3.04 bits per heavy atom. The summed E-state index contributed by atoms with van der Waals surface area (Å²) in [7, 11) is 2.21. The van der Waals surface area contributed by atoms with Gasteiger partial charge in [-0.3, -0.25) is 9.80 Å². The Hall–Kier alpha value is -1.72. The van der Waals surface area contributed by atoms with Crippen molar-refractivity contribution < 1.29 is 9.15 Å². The predicted octanol–water partition coefficient (Wildman–Crippen LogP) is 3.17. The van der Waals surface area contributed by atoms with Crippen molar-refractivity contribution in [3.63, 3.8) is 0 Å². The number of furan rings is 1. The van der Waals surface area contributed by atoms with E-state index < -0.39 is 0 Å². The average molecular weight is 367 g/mol. The summed E-state index contributed by atoms with van der Waals surface area (Å²) in [5, 5.41) is 3.42. The van der Waals surface area contributed by atoms with E-state index in [1.165, 1.54) is 43.4 Å². The quantitative estimate of drug-likeness (QED) is 0.885. The third kappa shape index (κ3) is 2.66. The molecule has 2 bridgehead atoms. The molecule has 1 aromatic heterocycles. The van der Waals surface area contributed by atoms with Crippen LogP contribution in [-0.2, 0) is 11.3 Å². The number of fused-ring (bicyclic) bond motifs is 2. The van der Waals surface area contributed by atoms with E-state index in [1.807, 2.05) is 6.26 Å². The molecular weight excluding hydrogens is 338 g/mol. The van der Waals surface area contributed by atoms with Crippen LogP contribution in [0.2, 0.25) is 0 Å². The maximum absolute atomic E-state index is 6.55. The number of hydrogen-bond acceptors (Lipinski definition) is 5. The van der Waals surface area contributed by atoms with Gasteiger partial charge >= 0.3 is 0 Å². The van der Waals surface area contributed by atoms with Crippen molar-refractivity contribution in [1.82, 2.24) is 15.1 Å². The molecule has 144 valence electrons. The minimum atomic E-state index is -0.0140. The lowest BCUT2D eigenvalue weighted by Gasteiger charge is -2.54. The molecule has 6 aliphatic rings. The van der Waals surface area contributed by atoms with Gasteiger partial charge in [0.1, 0.15) is 11.4 Å². The molecule has 1 aliphatic carbocycles. The van der Waals surface area contributed by atoms with Crippen molar-refractivity contribution in [2.24, 2.45) is 5.92 Å². The minimum Gasteiger partial charge on any atom is -0.470 e. The normalized spacial score (nSPS) is 37.0. The van der Waals surface area contributed by atoms with Gasteiger partial charge in [-0.1, -0.05) is 12.2 Å². The first-order valence-electron chi connectivity index (χ1n) is 10.5. The first-order chi connectivity index (χ1) is 13.2. The Balaban J connectivity index is 1.18. The summed E-state index contributed by atoms with van der Waals surface area (Å²) in [4.78, 5) is 5.06. The molecule has 27 heavy (non-hydrogen) atoms. The summed E-state index contributed by atoms with van der Waals surface area (Å²) in [5.41, 5.74) is 2.71. The fraction of sp³-hybridized carbons (Fsp3) is 0.636. The van der Waals surface area contributed by atoms with E-state index in [9.17, 15) is 0 Å². The van der Waals surface area contributed by atoms with Crippen LogP contribution in [0.4, 0.5) is 0 Å². The molecule has 0 radical (unpaired) electrons. The SMILES string of the molecule is CN(Cc1cc(C2CC3CCN2C[C@@]32CC3=C(NCC=C3)O2)co1)C1CC1. The van der Waals surface area contributed by atoms with E-state index >= 15 is 0 Å². The van der Waals surface area contributed by atoms with Crippen LogP contribution in [0.25, 0.3) is 0 Å². The molecule has 7 rings (SSSR count). The molecule has 5 aliphatic heterocycles. The Labute approximate surface area is 161 Å². The summed E-state index contributed by atoms with van der Waals surface area (Å²) in [6.07, 6.45) is 12.6. The fourth-order valence-corrected chi connectivity index (χ4v) is 5.71. The smallest absolute Gasteiger partial charge is 0.190 e. The standard InChI is InChI=1S/C22H29N3O2/c1-24(18-4-5-18)12-19-9-16(13-26-19)20-10-17-6-8-25(20)14-22(17)11-15-3-2-7-23-21(15)27-22/h2-3,9,13,17-18,20,23H,4-8,10-12,14H2,1H3/t17?,20?,22-/m0/s1. The monoisotopic (exact) mass is 367 g/mol. The van der Waals surface area contributed by atoms with Gasteiger partial charge in [-0.25, -0.2) is 0 Å². The summed E-state index contributed by atoms with van der Waals surface area (Å²) in [6.45, 7) is 4.03. The van der Waals surface area contributed by atoms with E-state index in [4.69, 9.17) is 9.15 Å². The molecule has 4 atom stereocenters. The molecule has 5 heteroatoms. The number of rotatable bonds is 4. The number of dihydropyridines is 1. The minimum absolute atomic E-state index is 0.0140. The third-order valence-electron chi connectivity index (χ3n) is 7.35. The first kappa shape index (κ1) is 16.3. The molecule has 1 saturated carbocycles. The van der Waals surface area contributed by atoms with Gasteiger partial charge in [0, 0.05) is 48.6 Å². The highest BCUT2D eigenvalue weighted by Crippen LogP contribution is 2.53. The zero-order valence-corrected chi connectivity index (χ0v) is 16.1. The lowest BCUT2D eigenvalue weighted by atomic mass is 9.69. The first-order valence-corrected chi connectivity index (χ1v) is 10.5. The molecule has 3 saturated heterocycles. The highest BCUT2D eigenvalue weighted by Gasteiger charge is 2.55. The number of nitrogens with one attached hydrogen (secondary N) is 1. The highest BCUT2D eigenvalue weighted by atomic mass is 16.5. The molecule has 1 N–H and O–H groups in total. The van der Waals surface area contributed by atoms with Crippen LogP contribution in [0.1, 0.15) is 49.5 Å². The van der Waals surface area contributed by atoms with Gasteiger partial charge in [-0.2, -0.15) is 0 Å². The topological polar surface area (TPSA) is 40.9 Å². The van der Waals surface area contributed by atoms with Crippen molar-refractivity contribution >= 4 is 0 Å². The number of allylic oxidation sites excluding steroid dienone is 1. The van der Waals surface area contributed by atoms with Crippen LogP contribution in [0, 0.1) is 5.92 Å². The van der Waals surface area contributed by atoms with Gasteiger partial charge in [0.2, 0.25) is 0 Å². The molecule has 6 heterocycles. The number of hydrogen-bond donors (Lipinski definition) is 1. The molecule has 1 spiro atoms. The molecule has 3 unspecified atom stereocenters. The van der Waals surface area contributed by atoms with Crippen LogP contribution >= 0.6 is 0 Å². The largest absolute Gasteiger partial charge is 0.470 e. The van der Waals surface area contributed by atoms with Crippen LogP contribution in [0.3, 0.4) is 0 Å². The van der Waals surface area contributed by atoms with E-state index in [0.717, 1.165) is 43.7 Å².